The van der Waals surface area contributed by atoms with Crippen LogP contribution in [0.2, 0.25) is 5.02 Å². The lowest BCUT2D eigenvalue weighted by atomic mass is 10.2. The van der Waals surface area contributed by atoms with E-state index in [9.17, 15) is 9.18 Å². The van der Waals surface area contributed by atoms with Crippen molar-refractivity contribution in [1.82, 2.24) is 15.8 Å². The van der Waals surface area contributed by atoms with Gasteiger partial charge in [0.05, 0.1) is 17.2 Å². The van der Waals surface area contributed by atoms with Crippen molar-refractivity contribution in [3.8, 4) is 0 Å². The molecule has 1 atom stereocenters. The average Bonchev–Trinajstić information content (AvgIpc) is 3.31. The molecule has 1 fully saturated rings. The van der Waals surface area contributed by atoms with Gasteiger partial charge in [-0.3, -0.25) is 14.6 Å². The van der Waals surface area contributed by atoms with Crippen LogP contribution in [0.3, 0.4) is 0 Å². The third kappa shape index (κ3) is 3.66. The Bertz CT molecular complexity index is 1030. The molecule has 0 aliphatic carbocycles. The second-order valence-corrected chi connectivity index (χ2v) is 6.98. The molecule has 1 aliphatic rings. The number of carbonyl (C=O) groups excluding carboxylic acids is 1. The fourth-order valence-electron chi connectivity index (χ4n) is 3.03. The van der Waals surface area contributed by atoms with Gasteiger partial charge in [0.15, 0.2) is 5.58 Å². The summed E-state index contributed by atoms with van der Waals surface area (Å²) in [5.74, 6) is -1.13. The summed E-state index contributed by atoms with van der Waals surface area (Å²) in [4.78, 5) is 22.1. The molecule has 1 aliphatic heterocycles. The molecule has 0 radical (unpaired) electrons. The Labute approximate surface area is 165 Å². The van der Waals surface area contributed by atoms with Crippen LogP contribution in [0, 0.1) is 12.7 Å². The molecule has 9 heteroatoms. The van der Waals surface area contributed by atoms with E-state index in [2.05, 4.69) is 21.1 Å². The lowest BCUT2D eigenvalue weighted by molar-refractivity contribution is -0.00814. The topological polar surface area (TPSA) is 88.4 Å². The van der Waals surface area contributed by atoms with E-state index in [4.69, 9.17) is 20.9 Å². The van der Waals surface area contributed by atoms with E-state index in [-0.39, 0.29) is 33.8 Å². The van der Waals surface area contributed by atoms with Gasteiger partial charge in [-0.15, -0.1) is 0 Å². The number of pyridine rings is 1. The fourth-order valence-corrected chi connectivity index (χ4v) is 3.23. The standard InChI is InChI=1S/C19H18ClFN4O3/c1-10-2-3-15(14(21)6-10)24-16-12-8-23-9-13(20)17(12)27-18(16)19(26)25-28-11-4-5-22-7-11/h2-3,6,8-9,11,22,24H,4-5,7H2,1H3,(H,25,26). The molecule has 28 heavy (non-hydrogen) atoms. The molecule has 0 saturated carbocycles. The minimum atomic E-state index is -0.603. The summed E-state index contributed by atoms with van der Waals surface area (Å²) in [6.07, 6.45) is 3.57. The Morgan fingerprint density at radius 3 is 3.04 bits per heavy atom. The number of fused-ring (bicyclic) bond motifs is 1. The van der Waals surface area contributed by atoms with E-state index in [1.165, 1.54) is 18.5 Å². The number of carbonyl (C=O) groups is 1. The first-order valence-corrected chi connectivity index (χ1v) is 9.16. The lowest BCUT2D eigenvalue weighted by Crippen LogP contribution is -2.30. The van der Waals surface area contributed by atoms with Gasteiger partial charge in [-0.05, 0) is 37.6 Å². The first-order valence-electron chi connectivity index (χ1n) is 8.79. The highest BCUT2D eigenvalue weighted by Crippen LogP contribution is 2.36. The number of benzene rings is 1. The number of nitrogens with zero attached hydrogens (tertiary/aromatic N) is 1. The summed E-state index contributed by atoms with van der Waals surface area (Å²) in [6.45, 7) is 3.26. The summed E-state index contributed by atoms with van der Waals surface area (Å²) in [6, 6.07) is 4.74. The first-order chi connectivity index (χ1) is 13.5. The molecule has 2 aromatic heterocycles. The fraction of sp³-hybridized carbons (Fsp3) is 0.263. The zero-order valence-electron chi connectivity index (χ0n) is 15.0. The SMILES string of the molecule is Cc1ccc(Nc2c(C(=O)NOC3CCNC3)oc3c(Cl)cncc23)c(F)c1. The Morgan fingerprint density at radius 1 is 1.43 bits per heavy atom. The van der Waals surface area contributed by atoms with E-state index in [1.807, 2.05) is 0 Å². The second-order valence-electron chi connectivity index (χ2n) is 6.58. The molecule has 4 rings (SSSR count). The lowest BCUT2D eigenvalue weighted by Gasteiger charge is -2.11. The first kappa shape index (κ1) is 18.7. The van der Waals surface area contributed by atoms with E-state index >= 15 is 0 Å². The summed E-state index contributed by atoms with van der Waals surface area (Å²) in [7, 11) is 0. The molecule has 7 nitrogen and oxygen atoms in total. The Balaban J connectivity index is 1.69. The highest BCUT2D eigenvalue weighted by molar-refractivity contribution is 6.35. The molecule has 146 valence electrons. The number of rotatable bonds is 5. The van der Waals surface area contributed by atoms with Gasteiger partial charge in [-0.1, -0.05) is 17.7 Å². The molecule has 0 bridgehead atoms. The predicted octanol–water partition coefficient (Wildman–Crippen LogP) is 3.70. The van der Waals surface area contributed by atoms with E-state index < -0.39 is 11.7 Å². The predicted molar refractivity (Wildman–Crippen MR) is 103 cm³/mol. The van der Waals surface area contributed by atoms with Crippen LogP contribution in [0.25, 0.3) is 11.0 Å². The Hall–Kier alpha value is -2.68. The Kier molecular flexibility index (Phi) is 5.17. The molecule has 3 aromatic rings. The maximum absolute atomic E-state index is 14.3. The second kappa shape index (κ2) is 7.75. The molecular formula is C19H18ClFN4O3. The van der Waals surface area contributed by atoms with Crippen LogP contribution in [0.1, 0.15) is 22.5 Å². The number of hydrogen-bond donors (Lipinski definition) is 3. The van der Waals surface area contributed by atoms with Gasteiger partial charge < -0.3 is 15.1 Å². The number of furan rings is 1. The van der Waals surface area contributed by atoms with Crippen LogP contribution in [0.4, 0.5) is 15.8 Å². The number of anilines is 2. The maximum Gasteiger partial charge on any atom is 0.312 e. The van der Waals surface area contributed by atoms with Crippen LogP contribution in [-0.4, -0.2) is 30.1 Å². The number of hydroxylamine groups is 1. The molecule has 0 spiro atoms. The summed E-state index contributed by atoms with van der Waals surface area (Å²) < 4.78 is 20.0. The third-order valence-corrected chi connectivity index (χ3v) is 4.75. The average molecular weight is 405 g/mol. The summed E-state index contributed by atoms with van der Waals surface area (Å²) in [5.41, 5.74) is 3.92. The van der Waals surface area contributed by atoms with Crippen molar-refractivity contribution in [3.63, 3.8) is 0 Å². The minimum absolute atomic E-state index is 0.0733. The highest BCUT2D eigenvalue weighted by atomic mass is 35.5. The van der Waals surface area contributed by atoms with E-state index in [0.717, 1.165) is 18.5 Å². The largest absolute Gasteiger partial charge is 0.447 e. The number of hydrogen-bond acceptors (Lipinski definition) is 6. The molecular weight excluding hydrogens is 387 g/mol. The zero-order chi connectivity index (χ0) is 19.7. The van der Waals surface area contributed by atoms with Crippen molar-refractivity contribution < 1.29 is 18.4 Å². The molecule has 1 unspecified atom stereocenters. The minimum Gasteiger partial charge on any atom is -0.447 e. The third-order valence-electron chi connectivity index (χ3n) is 4.48. The number of amides is 1. The monoisotopic (exact) mass is 404 g/mol. The van der Waals surface area contributed by atoms with Crippen LogP contribution >= 0.6 is 11.6 Å². The zero-order valence-corrected chi connectivity index (χ0v) is 15.8. The molecule has 1 aromatic carbocycles. The quantitative estimate of drug-likeness (QED) is 0.562. The summed E-state index contributed by atoms with van der Waals surface area (Å²) >= 11 is 6.15. The normalized spacial score (nSPS) is 16.5. The number of aryl methyl sites for hydroxylation is 1. The van der Waals surface area contributed by atoms with Gasteiger partial charge in [0.1, 0.15) is 16.5 Å². The highest BCUT2D eigenvalue weighted by Gasteiger charge is 2.25. The molecule has 1 amide bonds. The van der Waals surface area contributed by atoms with E-state index in [1.54, 1.807) is 19.1 Å². The van der Waals surface area contributed by atoms with Gasteiger partial charge in [-0.25, -0.2) is 9.87 Å². The van der Waals surface area contributed by atoms with Crippen LogP contribution < -0.4 is 16.1 Å². The van der Waals surface area contributed by atoms with E-state index in [0.29, 0.717) is 11.9 Å². The maximum atomic E-state index is 14.3. The number of nitrogens with one attached hydrogen (secondary N) is 3. The van der Waals surface area contributed by atoms with Crippen molar-refractivity contribution in [2.45, 2.75) is 19.4 Å². The molecule has 1 saturated heterocycles. The van der Waals surface area contributed by atoms with Gasteiger partial charge in [0, 0.05) is 18.9 Å². The molecule has 3 heterocycles. The van der Waals surface area contributed by atoms with Gasteiger partial charge in [-0.2, -0.15) is 0 Å². The Morgan fingerprint density at radius 2 is 2.29 bits per heavy atom. The van der Waals surface area contributed by atoms with Gasteiger partial charge in [0.2, 0.25) is 5.76 Å². The summed E-state index contributed by atoms with van der Waals surface area (Å²) in [5, 5.41) is 6.77. The van der Waals surface area contributed by atoms with Crippen LogP contribution in [0.15, 0.2) is 35.0 Å². The van der Waals surface area contributed by atoms with Crippen molar-refractivity contribution in [2.75, 3.05) is 18.4 Å². The van der Waals surface area contributed by atoms with Crippen molar-refractivity contribution >= 4 is 39.9 Å². The van der Waals surface area contributed by atoms with Crippen molar-refractivity contribution in [2.24, 2.45) is 0 Å². The van der Waals surface area contributed by atoms with Gasteiger partial charge in [0.25, 0.3) is 0 Å². The number of halogens is 2. The molecule has 3 N–H and O–H groups in total. The van der Waals surface area contributed by atoms with Crippen molar-refractivity contribution in [3.05, 3.63) is 52.8 Å². The van der Waals surface area contributed by atoms with Gasteiger partial charge >= 0.3 is 5.91 Å². The smallest absolute Gasteiger partial charge is 0.312 e. The van der Waals surface area contributed by atoms with Crippen molar-refractivity contribution in [1.29, 1.82) is 0 Å². The van der Waals surface area contributed by atoms with Crippen LogP contribution in [-0.2, 0) is 4.84 Å². The van der Waals surface area contributed by atoms with Crippen LogP contribution in [0.5, 0.6) is 0 Å². The number of aromatic nitrogens is 1.